The molecule has 1 unspecified atom stereocenters. The van der Waals surface area contributed by atoms with Crippen LogP contribution in [-0.4, -0.2) is 27.9 Å². The Morgan fingerprint density at radius 3 is 2.96 bits per heavy atom. The van der Waals surface area contributed by atoms with Gasteiger partial charge in [-0.3, -0.25) is 10.1 Å². The van der Waals surface area contributed by atoms with Gasteiger partial charge in [-0.1, -0.05) is 6.92 Å². The van der Waals surface area contributed by atoms with Crippen LogP contribution in [0.2, 0.25) is 0 Å². The molecule has 0 spiro atoms. The highest BCUT2D eigenvalue weighted by Gasteiger charge is 2.23. The van der Waals surface area contributed by atoms with Gasteiger partial charge in [0, 0.05) is 5.38 Å². The third-order valence-corrected chi connectivity index (χ3v) is 4.20. The Morgan fingerprint density at radius 2 is 2.25 bits per heavy atom. The Morgan fingerprint density at radius 1 is 1.42 bits per heavy atom. The first kappa shape index (κ1) is 16.1. The molecule has 0 saturated carbocycles. The monoisotopic (exact) mass is 345 g/mol. The van der Waals surface area contributed by atoms with Gasteiger partial charge >= 0.3 is 5.97 Å². The normalized spacial score (nSPS) is 12.1. The van der Waals surface area contributed by atoms with Crippen LogP contribution < -0.4 is 5.32 Å². The van der Waals surface area contributed by atoms with Crippen molar-refractivity contribution in [2.45, 2.75) is 26.4 Å². The SMILES string of the molecule is CCC(OC(=O)c1ccc2ocnc2c1)C(=O)Nc1nc(C)cs1. The first-order valence-electron chi connectivity index (χ1n) is 7.34. The van der Waals surface area contributed by atoms with Crippen LogP contribution in [0.25, 0.3) is 11.1 Å². The minimum atomic E-state index is -0.894. The zero-order valence-electron chi connectivity index (χ0n) is 13.1. The summed E-state index contributed by atoms with van der Waals surface area (Å²) in [5, 5.41) is 4.97. The number of hydrogen-bond acceptors (Lipinski definition) is 7. The van der Waals surface area contributed by atoms with Gasteiger partial charge in [0.15, 0.2) is 23.2 Å². The number of aryl methyl sites for hydroxylation is 1. The van der Waals surface area contributed by atoms with Gasteiger partial charge in [0.2, 0.25) is 0 Å². The van der Waals surface area contributed by atoms with Crippen molar-refractivity contribution in [3.63, 3.8) is 0 Å². The Balaban J connectivity index is 1.69. The second kappa shape index (κ2) is 6.79. The summed E-state index contributed by atoms with van der Waals surface area (Å²) in [6.07, 6.45) is 0.765. The number of carbonyl (C=O) groups is 2. The zero-order valence-corrected chi connectivity index (χ0v) is 13.9. The van der Waals surface area contributed by atoms with E-state index in [2.05, 4.69) is 15.3 Å². The molecule has 2 aromatic heterocycles. The molecule has 3 aromatic rings. The van der Waals surface area contributed by atoms with Crippen molar-refractivity contribution in [2.75, 3.05) is 5.32 Å². The summed E-state index contributed by atoms with van der Waals surface area (Å²) in [5.41, 5.74) is 2.27. The largest absolute Gasteiger partial charge is 0.449 e. The number of thiazole rings is 1. The molecule has 2 heterocycles. The van der Waals surface area contributed by atoms with E-state index in [0.717, 1.165) is 5.69 Å². The van der Waals surface area contributed by atoms with Crippen molar-refractivity contribution in [3.8, 4) is 0 Å². The first-order valence-corrected chi connectivity index (χ1v) is 8.22. The number of nitrogens with zero attached hydrogens (tertiary/aromatic N) is 2. The van der Waals surface area contributed by atoms with Crippen molar-refractivity contribution in [2.24, 2.45) is 0 Å². The molecule has 8 heteroatoms. The minimum Gasteiger partial charge on any atom is -0.449 e. The number of carbonyl (C=O) groups excluding carboxylic acids is 2. The smallest absolute Gasteiger partial charge is 0.338 e. The highest BCUT2D eigenvalue weighted by Crippen LogP contribution is 2.18. The summed E-state index contributed by atoms with van der Waals surface area (Å²) in [4.78, 5) is 32.7. The predicted octanol–water partition coefficient (Wildman–Crippen LogP) is 3.17. The number of amides is 1. The van der Waals surface area contributed by atoms with Crippen LogP contribution in [0.4, 0.5) is 5.13 Å². The molecule has 0 aliphatic rings. The van der Waals surface area contributed by atoms with Gasteiger partial charge in [-0.2, -0.15) is 0 Å². The zero-order chi connectivity index (χ0) is 17.1. The number of esters is 1. The number of anilines is 1. The van der Waals surface area contributed by atoms with Crippen molar-refractivity contribution < 1.29 is 18.7 Å². The lowest BCUT2D eigenvalue weighted by Crippen LogP contribution is -2.32. The van der Waals surface area contributed by atoms with Crippen molar-refractivity contribution in [3.05, 3.63) is 41.2 Å². The molecule has 0 aliphatic carbocycles. The van der Waals surface area contributed by atoms with E-state index >= 15 is 0 Å². The fourth-order valence-electron chi connectivity index (χ4n) is 2.10. The topological polar surface area (TPSA) is 94.3 Å². The molecule has 124 valence electrons. The number of ether oxygens (including phenoxy) is 1. The molecule has 1 atom stereocenters. The van der Waals surface area contributed by atoms with Crippen molar-refractivity contribution in [1.82, 2.24) is 9.97 Å². The maximum atomic E-state index is 12.3. The summed E-state index contributed by atoms with van der Waals surface area (Å²) < 4.78 is 10.4. The maximum Gasteiger partial charge on any atom is 0.338 e. The van der Waals surface area contributed by atoms with Gasteiger partial charge < -0.3 is 9.15 Å². The van der Waals surface area contributed by atoms with Crippen LogP contribution >= 0.6 is 11.3 Å². The van der Waals surface area contributed by atoms with E-state index < -0.39 is 18.0 Å². The average Bonchev–Trinajstić information content (AvgIpc) is 3.20. The third-order valence-electron chi connectivity index (χ3n) is 3.33. The summed E-state index contributed by atoms with van der Waals surface area (Å²) >= 11 is 1.32. The van der Waals surface area contributed by atoms with Crippen LogP contribution in [0.5, 0.6) is 0 Å². The molecule has 0 saturated heterocycles. The second-order valence-electron chi connectivity index (χ2n) is 5.12. The molecular formula is C16H15N3O4S. The van der Waals surface area contributed by atoms with E-state index in [1.54, 1.807) is 25.1 Å². The van der Waals surface area contributed by atoms with Crippen molar-refractivity contribution >= 4 is 39.4 Å². The number of fused-ring (bicyclic) bond motifs is 1. The number of benzene rings is 1. The lowest BCUT2D eigenvalue weighted by molar-refractivity contribution is -0.124. The number of oxazole rings is 1. The van der Waals surface area contributed by atoms with E-state index in [9.17, 15) is 9.59 Å². The van der Waals surface area contributed by atoms with Crippen molar-refractivity contribution in [1.29, 1.82) is 0 Å². The van der Waals surface area contributed by atoms with Crippen LogP contribution in [0, 0.1) is 6.92 Å². The lowest BCUT2D eigenvalue weighted by atomic mass is 10.2. The van der Waals surface area contributed by atoms with E-state index in [0.29, 0.717) is 28.2 Å². The fraction of sp³-hybridized carbons (Fsp3) is 0.250. The predicted molar refractivity (Wildman–Crippen MR) is 89.0 cm³/mol. The molecule has 3 rings (SSSR count). The highest BCUT2D eigenvalue weighted by atomic mass is 32.1. The first-order chi connectivity index (χ1) is 11.6. The van der Waals surface area contributed by atoms with Gasteiger partial charge in [0.05, 0.1) is 11.3 Å². The Kier molecular flexibility index (Phi) is 4.57. The Labute approximate surface area is 141 Å². The van der Waals surface area contributed by atoms with Gasteiger partial charge in [0.25, 0.3) is 5.91 Å². The molecule has 0 radical (unpaired) electrons. The van der Waals surface area contributed by atoms with Crippen LogP contribution in [0.15, 0.2) is 34.4 Å². The second-order valence-corrected chi connectivity index (χ2v) is 5.98. The Hall–Kier alpha value is -2.74. The average molecular weight is 345 g/mol. The van der Waals surface area contributed by atoms with E-state index in [4.69, 9.17) is 9.15 Å². The summed E-state index contributed by atoms with van der Waals surface area (Å²) in [5.74, 6) is -0.986. The number of nitrogens with one attached hydrogen (secondary N) is 1. The minimum absolute atomic E-state index is 0.313. The summed E-state index contributed by atoms with van der Waals surface area (Å²) in [6.45, 7) is 3.61. The van der Waals surface area contributed by atoms with Gasteiger partial charge in [0.1, 0.15) is 5.52 Å². The molecular weight excluding hydrogens is 330 g/mol. The van der Waals surface area contributed by atoms with Crippen LogP contribution in [-0.2, 0) is 9.53 Å². The summed E-state index contributed by atoms with van der Waals surface area (Å²) in [7, 11) is 0. The quantitative estimate of drug-likeness (QED) is 0.714. The number of hydrogen-bond donors (Lipinski definition) is 1. The number of rotatable bonds is 5. The maximum absolute atomic E-state index is 12.3. The van der Waals surface area contributed by atoms with Gasteiger partial charge in [-0.05, 0) is 31.5 Å². The molecule has 1 amide bonds. The van der Waals surface area contributed by atoms with Gasteiger partial charge in [-0.25, -0.2) is 14.8 Å². The molecule has 0 bridgehead atoms. The molecule has 1 aromatic carbocycles. The van der Waals surface area contributed by atoms with Crippen LogP contribution in [0.1, 0.15) is 29.4 Å². The molecule has 7 nitrogen and oxygen atoms in total. The van der Waals surface area contributed by atoms with Gasteiger partial charge in [-0.15, -0.1) is 11.3 Å². The molecule has 24 heavy (non-hydrogen) atoms. The fourth-order valence-corrected chi connectivity index (χ4v) is 2.79. The number of aromatic nitrogens is 2. The third kappa shape index (κ3) is 3.43. The van der Waals surface area contributed by atoms with E-state index in [-0.39, 0.29) is 0 Å². The van der Waals surface area contributed by atoms with E-state index in [1.807, 2.05) is 12.3 Å². The molecule has 1 N–H and O–H groups in total. The highest BCUT2D eigenvalue weighted by molar-refractivity contribution is 7.13. The molecule has 0 aliphatic heterocycles. The van der Waals surface area contributed by atoms with E-state index in [1.165, 1.54) is 17.7 Å². The standard InChI is InChI=1S/C16H15N3O4S/c1-3-12(14(20)19-16-18-9(2)7-24-16)23-15(21)10-4-5-13-11(6-10)17-8-22-13/h4-8,12H,3H2,1-2H3,(H,18,19,20). The Bertz CT molecular complexity index is 886. The van der Waals surface area contributed by atoms with Crippen LogP contribution in [0.3, 0.4) is 0 Å². The molecule has 0 fully saturated rings. The summed E-state index contributed by atoms with van der Waals surface area (Å²) in [6, 6.07) is 4.78. The lowest BCUT2D eigenvalue weighted by Gasteiger charge is -2.15.